The number of imidazole rings is 1. The number of aromatic carboxylic acids is 1. The van der Waals surface area contributed by atoms with Crippen LogP contribution in [-0.2, 0) is 0 Å². The minimum atomic E-state index is -1.01. The Balaban J connectivity index is 1.92. The zero-order valence-corrected chi connectivity index (χ0v) is 13.7. The second-order valence-electron chi connectivity index (χ2n) is 6.52. The molecule has 0 saturated heterocycles. The summed E-state index contributed by atoms with van der Waals surface area (Å²) in [5.41, 5.74) is 2.34. The Morgan fingerprint density at radius 1 is 1.12 bits per heavy atom. The van der Waals surface area contributed by atoms with Crippen molar-refractivity contribution in [2.24, 2.45) is 0 Å². The van der Waals surface area contributed by atoms with Gasteiger partial charge in [0.2, 0.25) is 0 Å². The van der Waals surface area contributed by atoms with Gasteiger partial charge in [-0.05, 0) is 43.2 Å². The van der Waals surface area contributed by atoms with Crippen LogP contribution in [0.2, 0.25) is 0 Å². The molecule has 0 aliphatic heterocycles. The van der Waals surface area contributed by atoms with E-state index in [1.54, 1.807) is 18.2 Å². The van der Waals surface area contributed by atoms with Crippen LogP contribution < -0.4 is 0 Å². The van der Waals surface area contributed by atoms with Crippen molar-refractivity contribution < 1.29 is 15.0 Å². The van der Waals surface area contributed by atoms with E-state index >= 15 is 0 Å². The first-order valence-electron chi connectivity index (χ1n) is 8.54. The van der Waals surface area contributed by atoms with Gasteiger partial charge in [0.05, 0.1) is 5.56 Å². The lowest BCUT2D eigenvalue weighted by Gasteiger charge is -2.25. The van der Waals surface area contributed by atoms with Crippen molar-refractivity contribution in [2.75, 3.05) is 0 Å². The molecule has 0 atom stereocenters. The lowest BCUT2D eigenvalue weighted by Crippen LogP contribution is -2.14. The molecule has 3 aromatic rings. The molecule has 1 fully saturated rings. The summed E-state index contributed by atoms with van der Waals surface area (Å²) in [6.07, 6.45) is 7.12. The molecule has 6 heteroatoms. The molecule has 1 aliphatic rings. The van der Waals surface area contributed by atoms with Gasteiger partial charge in [-0.15, -0.1) is 0 Å². The maximum atomic E-state index is 11.2. The van der Waals surface area contributed by atoms with Crippen LogP contribution in [0.3, 0.4) is 0 Å². The third kappa shape index (κ3) is 2.84. The van der Waals surface area contributed by atoms with Crippen LogP contribution in [0.25, 0.3) is 22.6 Å². The van der Waals surface area contributed by atoms with Gasteiger partial charge >= 0.3 is 5.97 Å². The van der Waals surface area contributed by atoms with E-state index < -0.39 is 5.97 Å². The van der Waals surface area contributed by atoms with Gasteiger partial charge in [0.25, 0.3) is 0 Å². The maximum absolute atomic E-state index is 11.2. The summed E-state index contributed by atoms with van der Waals surface area (Å²) >= 11 is 0. The highest BCUT2D eigenvalue weighted by Gasteiger charge is 2.23. The lowest BCUT2D eigenvalue weighted by molar-refractivity contribution is 0.0696. The summed E-state index contributed by atoms with van der Waals surface area (Å²) in [6, 6.07) is 8.81. The second kappa shape index (κ2) is 6.20. The van der Waals surface area contributed by atoms with Crippen molar-refractivity contribution in [3.05, 3.63) is 42.1 Å². The lowest BCUT2D eigenvalue weighted by atomic mass is 9.95. The number of pyridine rings is 1. The summed E-state index contributed by atoms with van der Waals surface area (Å²) in [6.45, 7) is 0. The molecule has 2 heterocycles. The number of aromatic nitrogens is 3. The summed E-state index contributed by atoms with van der Waals surface area (Å²) in [5.74, 6) is -0.0277. The molecule has 0 spiro atoms. The number of hydrogen-bond acceptors (Lipinski definition) is 4. The smallest absolute Gasteiger partial charge is 0.337 e. The van der Waals surface area contributed by atoms with Gasteiger partial charge in [-0.25, -0.2) is 14.8 Å². The van der Waals surface area contributed by atoms with Crippen LogP contribution in [0.1, 0.15) is 48.5 Å². The first-order chi connectivity index (χ1) is 12.1. The van der Waals surface area contributed by atoms with Crippen molar-refractivity contribution in [1.82, 2.24) is 14.5 Å². The zero-order chi connectivity index (χ0) is 17.4. The van der Waals surface area contributed by atoms with Crippen LogP contribution in [0, 0.1) is 0 Å². The quantitative estimate of drug-likeness (QED) is 0.754. The van der Waals surface area contributed by atoms with E-state index in [1.165, 1.54) is 25.5 Å². The highest BCUT2D eigenvalue weighted by atomic mass is 16.4. The molecule has 1 aromatic carbocycles. The Morgan fingerprint density at radius 2 is 1.84 bits per heavy atom. The fourth-order valence-electron chi connectivity index (χ4n) is 3.60. The van der Waals surface area contributed by atoms with Crippen molar-refractivity contribution in [3.63, 3.8) is 0 Å². The molecule has 128 valence electrons. The third-order valence-corrected chi connectivity index (χ3v) is 4.84. The Morgan fingerprint density at radius 3 is 2.52 bits per heavy atom. The number of carboxylic acid groups (broad SMARTS) is 1. The van der Waals surface area contributed by atoms with Gasteiger partial charge in [-0.2, -0.15) is 0 Å². The van der Waals surface area contributed by atoms with E-state index in [9.17, 15) is 15.0 Å². The minimum Gasteiger partial charge on any atom is -0.508 e. The van der Waals surface area contributed by atoms with Gasteiger partial charge < -0.3 is 14.8 Å². The molecule has 0 radical (unpaired) electrons. The highest BCUT2D eigenvalue weighted by Crippen LogP contribution is 2.35. The standard InChI is InChI=1S/C19H19N3O3/c23-15-8-6-12(7-9-15)17-21-16-10-13(19(24)25)11-20-18(16)22(17)14-4-2-1-3-5-14/h6-11,14,23H,1-5H2,(H,24,25). The van der Waals surface area contributed by atoms with Gasteiger partial charge in [0.15, 0.2) is 5.65 Å². The number of carbonyl (C=O) groups is 1. The molecule has 1 saturated carbocycles. The van der Waals surface area contributed by atoms with E-state index in [0.29, 0.717) is 11.6 Å². The third-order valence-electron chi connectivity index (χ3n) is 4.84. The van der Waals surface area contributed by atoms with Crippen molar-refractivity contribution in [2.45, 2.75) is 38.1 Å². The number of phenols is 1. The average molecular weight is 337 g/mol. The molecule has 0 amide bonds. The fraction of sp³-hybridized carbons (Fsp3) is 0.316. The largest absolute Gasteiger partial charge is 0.508 e. The molecule has 4 rings (SSSR count). The summed E-state index contributed by atoms with van der Waals surface area (Å²) in [4.78, 5) is 20.3. The van der Waals surface area contributed by atoms with Gasteiger partial charge in [-0.1, -0.05) is 19.3 Å². The number of phenolic OH excluding ortho intramolecular Hbond substituents is 1. The number of aromatic hydroxyl groups is 1. The molecule has 1 aliphatic carbocycles. The number of fused-ring (bicyclic) bond motifs is 1. The summed E-state index contributed by atoms with van der Waals surface area (Å²) in [7, 11) is 0. The van der Waals surface area contributed by atoms with Crippen molar-refractivity contribution >= 4 is 17.1 Å². The van der Waals surface area contributed by atoms with E-state index in [2.05, 4.69) is 14.5 Å². The molecule has 6 nitrogen and oxygen atoms in total. The van der Waals surface area contributed by atoms with E-state index in [4.69, 9.17) is 0 Å². The maximum Gasteiger partial charge on any atom is 0.337 e. The van der Waals surface area contributed by atoms with Crippen molar-refractivity contribution in [3.8, 4) is 17.1 Å². The number of rotatable bonds is 3. The predicted octanol–water partition coefficient (Wildman–Crippen LogP) is 4.01. The molecule has 0 bridgehead atoms. The summed E-state index contributed by atoms with van der Waals surface area (Å²) in [5, 5.41) is 18.8. The first-order valence-corrected chi connectivity index (χ1v) is 8.54. The van der Waals surface area contributed by atoms with Gasteiger partial charge in [0, 0.05) is 17.8 Å². The van der Waals surface area contributed by atoms with E-state index in [1.807, 2.05) is 12.1 Å². The van der Waals surface area contributed by atoms with Crippen LogP contribution in [0.15, 0.2) is 36.5 Å². The summed E-state index contributed by atoms with van der Waals surface area (Å²) < 4.78 is 2.15. The Labute approximate surface area is 144 Å². The predicted molar refractivity (Wildman–Crippen MR) is 93.7 cm³/mol. The molecule has 25 heavy (non-hydrogen) atoms. The average Bonchev–Trinajstić information content (AvgIpc) is 3.01. The Hall–Kier alpha value is -2.89. The Kier molecular flexibility index (Phi) is 3.87. The zero-order valence-electron chi connectivity index (χ0n) is 13.7. The van der Waals surface area contributed by atoms with Crippen LogP contribution in [0.5, 0.6) is 5.75 Å². The molecular formula is C19H19N3O3. The van der Waals surface area contributed by atoms with Gasteiger partial charge in [-0.3, -0.25) is 0 Å². The number of benzene rings is 1. The van der Waals surface area contributed by atoms with Crippen molar-refractivity contribution in [1.29, 1.82) is 0 Å². The molecular weight excluding hydrogens is 318 g/mol. The topological polar surface area (TPSA) is 88.2 Å². The van der Waals surface area contributed by atoms with Gasteiger partial charge in [0.1, 0.15) is 17.1 Å². The number of nitrogens with zero attached hydrogens (tertiary/aromatic N) is 3. The SMILES string of the molecule is O=C(O)c1cnc2c(c1)nc(-c1ccc(O)cc1)n2C1CCCCC1. The van der Waals surface area contributed by atoms with Crippen LogP contribution in [-0.4, -0.2) is 30.7 Å². The fourth-order valence-corrected chi connectivity index (χ4v) is 3.60. The first kappa shape index (κ1) is 15.6. The van der Waals surface area contributed by atoms with E-state index in [-0.39, 0.29) is 11.3 Å². The Bertz CT molecular complexity index is 925. The van der Waals surface area contributed by atoms with E-state index in [0.717, 1.165) is 29.9 Å². The number of carboxylic acids is 1. The molecule has 2 aromatic heterocycles. The monoisotopic (exact) mass is 337 g/mol. The van der Waals surface area contributed by atoms with Crippen LogP contribution >= 0.6 is 0 Å². The molecule has 2 N–H and O–H groups in total. The molecule has 0 unspecified atom stereocenters. The normalized spacial score (nSPS) is 15.5. The second-order valence-corrected chi connectivity index (χ2v) is 6.52. The van der Waals surface area contributed by atoms with Crippen LogP contribution in [0.4, 0.5) is 0 Å². The highest BCUT2D eigenvalue weighted by molar-refractivity contribution is 5.91. The minimum absolute atomic E-state index is 0.137. The number of hydrogen-bond donors (Lipinski definition) is 2.